The van der Waals surface area contributed by atoms with Gasteiger partial charge in [-0.15, -0.1) is 0 Å². The topological polar surface area (TPSA) is 83.9 Å². The molecule has 0 bridgehead atoms. The number of carboxylic acids is 1. The maximum atomic E-state index is 13.1. The third-order valence-electron chi connectivity index (χ3n) is 3.52. The fraction of sp³-hybridized carbons (Fsp3) is 0.188. The van der Waals surface area contributed by atoms with Crippen molar-refractivity contribution in [1.82, 2.24) is 0 Å². The molecule has 0 aromatic heterocycles. The summed E-state index contributed by atoms with van der Waals surface area (Å²) in [4.78, 5) is 10.9. The minimum atomic E-state index is -4.34. The molecule has 0 aliphatic rings. The number of hydrogen-bond donors (Lipinski definition) is 1. The summed E-state index contributed by atoms with van der Waals surface area (Å²) in [7, 11) is -2.99. The van der Waals surface area contributed by atoms with Gasteiger partial charge < -0.3 is 9.84 Å². The van der Waals surface area contributed by atoms with Crippen molar-refractivity contribution < 1.29 is 23.1 Å². The molecule has 0 aliphatic heterocycles. The van der Waals surface area contributed by atoms with Crippen LogP contribution in [0.15, 0.2) is 35.2 Å². The van der Waals surface area contributed by atoms with E-state index in [4.69, 9.17) is 39.5 Å². The smallest absolute Gasteiger partial charge is 0.324 e. The summed E-state index contributed by atoms with van der Waals surface area (Å²) in [5, 5.41) is 9.11. The van der Waals surface area contributed by atoms with E-state index in [0.29, 0.717) is 5.56 Å². The van der Waals surface area contributed by atoms with Crippen molar-refractivity contribution in [3.63, 3.8) is 0 Å². The second kappa shape index (κ2) is 7.92. The van der Waals surface area contributed by atoms with Gasteiger partial charge in [-0.05, 0) is 36.8 Å². The molecule has 0 amide bonds. The summed E-state index contributed by atoms with van der Waals surface area (Å²) in [6, 6.07) is 7.08. The molecular formula is C16H14Cl3NO5S. The van der Waals surface area contributed by atoms with Gasteiger partial charge in [0.1, 0.15) is 22.2 Å². The number of halogens is 3. The van der Waals surface area contributed by atoms with Crippen molar-refractivity contribution >= 4 is 56.5 Å². The molecule has 0 heterocycles. The third kappa shape index (κ3) is 4.01. The molecule has 1 N–H and O–H groups in total. The molecule has 10 heteroatoms. The molecule has 2 rings (SSSR count). The van der Waals surface area contributed by atoms with E-state index in [-0.39, 0.29) is 31.4 Å². The number of rotatable bonds is 6. The Hall–Kier alpha value is -1.67. The summed E-state index contributed by atoms with van der Waals surface area (Å²) in [6.07, 6.45) is 0. The molecular weight excluding hydrogens is 425 g/mol. The lowest BCUT2D eigenvalue weighted by atomic mass is 10.2. The summed E-state index contributed by atoms with van der Waals surface area (Å²) < 4.78 is 32.0. The molecule has 0 saturated carbocycles. The Balaban J connectivity index is 2.70. The van der Waals surface area contributed by atoms with Crippen LogP contribution in [0.3, 0.4) is 0 Å². The summed E-state index contributed by atoms with van der Waals surface area (Å²) in [5.41, 5.74) is 0.651. The molecule has 26 heavy (non-hydrogen) atoms. The van der Waals surface area contributed by atoms with Crippen LogP contribution in [-0.4, -0.2) is 33.1 Å². The third-order valence-corrected chi connectivity index (χ3v) is 6.53. The Kier molecular flexibility index (Phi) is 6.29. The molecule has 2 aromatic carbocycles. The van der Waals surface area contributed by atoms with Crippen LogP contribution >= 0.6 is 34.8 Å². The van der Waals surface area contributed by atoms with Gasteiger partial charge in [-0.3, -0.25) is 9.10 Å². The molecule has 140 valence electrons. The Labute approximate surface area is 165 Å². The molecule has 0 aliphatic carbocycles. The zero-order valence-electron chi connectivity index (χ0n) is 13.7. The Morgan fingerprint density at radius 1 is 1.15 bits per heavy atom. The van der Waals surface area contributed by atoms with Crippen molar-refractivity contribution in [2.24, 2.45) is 0 Å². The first-order valence-electron chi connectivity index (χ1n) is 7.12. The van der Waals surface area contributed by atoms with Crippen LogP contribution in [0.1, 0.15) is 5.56 Å². The lowest BCUT2D eigenvalue weighted by Crippen LogP contribution is -2.36. The van der Waals surface area contributed by atoms with E-state index >= 15 is 0 Å². The zero-order valence-corrected chi connectivity index (χ0v) is 16.7. The SMILES string of the molecule is COc1ccc(S(=O)(=O)N(CC(=O)O)c2cc(Cl)ccc2C)c(Cl)c1Cl. The first-order valence-corrected chi connectivity index (χ1v) is 9.69. The Bertz CT molecular complexity index is 963. The van der Waals surface area contributed by atoms with Crippen LogP contribution in [0.2, 0.25) is 15.1 Å². The van der Waals surface area contributed by atoms with Crippen LogP contribution in [-0.2, 0) is 14.8 Å². The van der Waals surface area contributed by atoms with Gasteiger partial charge in [0.2, 0.25) is 0 Å². The minimum Gasteiger partial charge on any atom is -0.495 e. The van der Waals surface area contributed by atoms with Gasteiger partial charge in [0.15, 0.2) is 0 Å². The second-order valence-electron chi connectivity index (χ2n) is 5.23. The number of anilines is 1. The van der Waals surface area contributed by atoms with E-state index < -0.39 is 22.5 Å². The van der Waals surface area contributed by atoms with E-state index in [1.807, 2.05) is 0 Å². The van der Waals surface area contributed by atoms with Crippen molar-refractivity contribution in [2.75, 3.05) is 18.0 Å². The average molecular weight is 439 g/mol. The number of aliphatic carboxylic acids is 1. The fourth-order valence-corrected chi connectivity index (χ4v) is 4.72. The van der Waals surface area contributed by atoms with Crippen molar-refractivity contribution in [2.45, 2.75) is 11.8 Å². The van der Waals surface area contributed by atoms with E-state index in [2.05, 4.69) is 0 Å². The van der Waals surface area contributed by atoms with E-state index in [9.17, 15) is 18.3 Å². The highest BCUT2D eigenvalue weighted by Gasteiger charge is 2.31. The van der Waals surface area contributed by atoms with Crippen LogP contribution in [0.25, 0.3) is 0 Å². The number of methoxy groups -OCH3 is 1. The van der Waals surface area contributed by atoms with E-state index in [1.54, 1.807) is 19.1 Å². The first-order chi connectivity index (χ1) is 12.1. The summed E-state index contributed by atoms with van der Waals surface area (Å²) in [5.74, 6) is -1.15. The largest absolute Gasteiger partial charge is 0.495 e. The van der Waals surface area contributed by atoms with E-state index in [0.717, 1.165) is 4.31 Å². The quantitative estimate of drug-likeness (QED) is 0.729. The number of aryl methyl sites for hydroxylation is 1. The predicted molar refractivity (Wildman–Crippen MR) is 101 cm³/mol. The molecule has 0 unspecified atom stereocenters. The molecule has 0 saturated heterocycles. The number of nitrogens with zero attached hydrogens (tertiary/aromatic N) is 1. The maximum Gasteiger partial charge on any atom is 0.324 e. The number of hydrogen-bond acceptors (Lipinski definition) is 4. The van der Waals surface area contributed by atoms with Gasteiger partial charge in [0, 0.05) is 5.02 Å². The van der Waals surface area contributed by atoms with Gasteiger partial charge >= 0.3 is 5.97 Å². The molecule has 0 spiro atoms. The Morgan fingerprint density at radius 2 is 1.81 bits per heavy atom. The van der Waals surface area contributed by atoms with Gasteiger partial charge in [-0.25, -0.2) is 8.42 Å². The first kappa shape index (κ1) is 20.6. The van der Waals surface area contributed by atoms with Crippen molar-refractivity contribution in [1.29, 1.82) is 0 Å². The van der Waals surface area contributed by atoms with Crippen LogP contribution in [0.5, 0.6) is 5.75 Å². The monoisotopic (exact) mass is 437 g/mol. The lowest BCUT2D eigenvalue weighted by Gasteiger charge is -2.25. The van der Waals surface area contributed by atoms with Gasteiger partial charge in [-0.2, -0.15) is 0 Å². The van der Waals surface area contributed by atoms with Crippen molar-refractivity contribution in [3.05, 3.63) is 51.0 Å². The zero-order chi connectivity index (χ0) is 19.6. The average Bonchev–Trinajstić information content (AvgIpc) is 2.57. The number of carboxylic acid groups (broad SMARTS) is 1. The molecule has 6 nitrogen and oxygen atoms in total. The highest BCUT2D eigenvalue weighted by Crippen LogP contribution is 2.39. The standard InChI is InChI=1S/C16H14Cl3NO5S/c1-9-3-4-10(17)7-11(9)20(8-14(21)22)26(23,24)13-6-5-12(25-2)15(18)16(13)19/h3-7H,8H2,1-2H3,(H,21,22). The molecule has 0 fully saturated rings. The highest BCUT2D eigenvalue weighted by molar-refractivity contribution is 7.93. The number of benzene rings is 2. The minimum absolute atomic E-state index is 0.0895. The number of ether oxygens (including phenoxy) is 1. The Morgan fingerprint density at radius 3 is 2.38 bits per heavy atom. The number of carbonyl (C=O) groups is 1. The van der Waals surface area contributed by atoms with Crippen LogP contribution in [0.4, 0.5) is 5.69 Å². The maximum absolute atomic E-state index is 13.1. The van der Waals surface area contributed by atoms with Crippen LogP contribution < -0.4 is 9.04 Å². The normalized spacial score (nSPS) is 11.3. The van der Waals surface area contributed by atoms with Gasteiger partial charge in [0.05, 0.1) is 17.8 Å². The summed E-state index contributed by atoms with van der Waals surface area (Å²) >= 11 is 18.1. The van der Waals surface area contributed by atoms with Crippen LogP contribution in [0, 0.1) is 6.92 Å². The van der Waals surface area contributed by atoms with Gasteiger partial charge in [-0.1, -0.05) is 40.9 Å². The van der Waals surface area contributed by atoms with Gasteiger partial charge in [0.25, 0.3) is 10.0 Å². The van der Waals surface area contributed by atoms with E-state index in [1.165, 1.54) is 25.3 Å². The summed E-state index contributed by atoms with van der Waals surface area (Å²) in [6.45, 7) is 0.822. The second-order valence-corrected chi connectivity index (χ2v) is 8.25. The van der Waals surface area contributed by atoms with Crippen molar-refractivity contribution in [3.8, 4) is 5.75 Å². The highest BCUT2D eigenvalue weighted by atomic mass is 35.5. The predicted octanol–water partition coefficient (Wildman–Crippen LogP) is 4.24. The number of sulfonamides is 1. The molecule has 0 atom stereocenters. The fourth-order valence-electron chi connectivity index (χ4n) is 2.26. The molecule has 2 aromatic rings. The lowest BCUT2D eigenvalue weighted by molar-refractivity contribution is -0.135. The molecule has 0 radical (unpaired) electrons.